The van der Waals surface area contributed by atoms with Crippen LogP contribution in [0.25, 0.3) is 0 Å². The van der Waals surface area contributed by atoms with Gasteiger partial charge in [-0.05, 0) is 20.3 Å². The van der Waals surface area contributed by atoms with Crippen LogP contribution in [-0.4, -0.2) is 48.3 Å². The fourth-order valence-electron chi connectivity index (χ4n) is 2.09. The van der Waals surface area contributed by atoms with Gasteiger partial charge in [0.2, 0.25) is 10.0 Å². The first kappa shape index (κ1) is 14.3. The van der Waals surface area contributed by atoms with Crippen molar-refractivity contribution >= 4 is 15.8 Å². The molecule has 1 unspecified atom stereocenters. The van der Waals surface area contributed by atoms with Crippen LogP contribution in [-0.2, 0) is 21.3 Å². The minimum atomic E-state index is -3.59. The zero-order valence-corrected chi connectivity index (χ0v) is 12.1. The summed E-state index contributed by atoms with van der Waals surface area (Å²) in [6, 6.07) is 0. The molecule has 1 atom stereocenters. The Hall–Kier alpha value is -1.12. The molecule has 0 aromatic carbocycles. The molecule has 19 heavy (non-hydrogen) atoms. The Bertz CT molecular complexity index is 540. The highest BCUT2D eigenvalue weighted by molar-refractivity contribution is 7.89. The molecule has 0 amide bonds. The average molecular weight is 288 g/mol. The number of nitrogens with two attached hydrogens (primary N) is 1. The van der Waals surface area contributed by atoms with Gasteiger partial charge in [0.15, 0.2) is 5.82 Å². The molecular formula is C11H20N4O3S. The monoisotopic (exact) mass is 288 g/mol. The zero-order valence-electron chi connectivity index (χ0n) is 11.2. The van der Waals surface area contributed by atoms with Crippen molar-refractivity contribution in [1.29, 1.82) is 0 Å². The number of hydrogen-bond donors (Lipinski definition) is 1. The quantitative estimate of drug-likeness (QED) is 0.863. The van der Waals surface area contributed by atoms with Gasteiger partial charge in [-0.2, -0.15) is 9.40 Å². The maximum Gasteiger partial charge on any atom is 0.248 e. The number of hydrogen-bond acceptors (Lipinski definition) is 5. The predicted octanol–water partition coefficient (Wildman–Crippen LogP) is 0.285. The van der Waals surface area contributed by atoms with E-state index in [4.69, 9.17) is 10.5 Å². The lowest BCUT2D eigenvalue weighted by atomic mass is 10.4. The SMILES string of the molecule is CCn1cc(S(=O)(=O)N2CCCOC(C)C2)c(N)n1. The number of nitrogen functional groups attached to an aromatic ring is 1. The van der Waals surface area contributed by atoms with Crippen molar-refractivity contribution in [3.05, 3.63) is 6.20 Å². The molecule has 1 aliphatic heterocycles. The van der Waals surface area contributed by atoms with Gasteiger partial charge >= 0.3 is 0 Å². The number of sulfonamides is 1. The van der Waals surface area contributed by atoms with Crippen molar-refractivity contribution in [2.45, 2.75) is 37.8 Å². The van der Waals surface area contributed by atoms with Gasteiger partial charge in [-0.3, -0.25) is 4.68 Å². The van der Waals surface area contributed by atoms with E-state index < -0.39 is 10.0 Å². The lowest BCUT2D eigenvalue weighted by Crippen LogP contribution is -2.36. The van der Waals surface area contributed by atoms with E-state index in [0.717, 1.165) is 0 Å². The molecule has 0 aliphatic carbocycles. The van der Waals surface area contributed by atoms with E-state index in [1.165, 1.54) is 15.2 Å². The summed E-state index contributed by atoms with van der Waals surface area (Å²) in [5.41, 5.74) is 5.71. The molecule has 1 saturated heterocycles. The first-order valence-corrected chi connectivity index (χ1v) is 7.84. The molecule has 0 saturated carbocycles. The lowest BCUT2D eigenvalue weighted by Gasteiger charge is -2.20. The van der Waals surface area contributed by atoms with Crippen molar-refractivity contribution in [3.8, 4) is 0 Å². The molecular weight excluding hydrogens is 268 g/mol. The molecule has 8 heteroatoms. The summed E-state index contributed by atoms with van der Waals surface area (Å²) in [4.78, 5) is 0.0865. The average Bonchev–Trinajstić information content (AvgIpc) is 2.60. The van der Waals surface area contributed by atoms with Crippen LogP contribution in [0.5, 0.6) is 0 Å². The second-order valence-corrected chi connectivity index (χ2v) is 6.54. The smallest absolute Gasteiger partial charge is 0.248 e. The first-order valence-electron chi connectivity index (χ1n) is 6.39. The molecule has 0 radical (unpaired) electrons. The molecule has 7 nitrogen and oxygen atoms in total. The number of ether oxygens (including phenoxy) is 1. The van der Waals surface area contributed by atoms with Crippen molar-refractivity contribution < 1.29 is 13.2 Å². The Morgan fingerprint density at radius 3 is 2.95 bits per heavy atom. The second-order valence-electron chi connectivity index (χ2n) is 4.63. The summed E-state index contributed by atoms with van der Waals surface area (Å²) in [5, 5.41) is 3.99. The Morgan fingerprint density at radius 2 is 2.32 bits per heavy atom. The summed E-state index contributed by atoms with van der Waals surface area (Å²) in [6.45, 7) is 5.70. The third-order valence-corrected chi connectivity index (χ3v) is 4.99. The van der Waals surface area contributed by atoms with Gasteiger partial charge < -0.3 is 10.5 Å². The third kappa shape index (κ3) is 2.90. The highest BCUT2D eigenvalue weighted by Gasteiger charge is 2.31. The van der Waals surface area contributed by atoms with E-state index in [-0.39, 0.29) is 16.8 Å². The van der Waals surface area contributed by atoms with Crippen molar-refractivity contribution in [2.75, 3.05) is 25.4 Å². The highest BCUT2D eigenvalue weighted by Crippen LogP contribution is 2.23. The zero-order chi connectivity index (χ0) is 14.0. The maximum atomic E-state index is 12.6. The Labute approximate surface area is 113 Å². The van der Waals surface area contributed by atoms with Crippen molar-refractivity contribution in [2.24, 2.45) is 0 Å². The van der Waals surface area contributed by atoms with Gasteiger partial charge in [0.25, 0.3) is 0 Å². The number of aryl methyl sites for hydroxylation is 1. The molecule has 2 N–H and O–H groups in total. The van der Waals surface area contributed by atoms with Crippen LogP contribution in [0.3, 0.4) is 0 Å². The van der Waals surface area contributed by atoms with Crippen LogP contribution < -0.4 is 5.73 Å². The Morgan fingerprint density at radius 1 is 1.58 bits per heavy atom. The molecule has 1 aromatic rings. The van der Waals surface area contributed by atoms with Gasteiger partial charge in [-0.1, -0.05) is 0 Å². The highest BCUT2D eigenvalue weighted by atomic mass is 32.2. The van der Waals surface area contributed by atoms with Gasteiger partial charge in [-0.15, -0.1) is 0 Å². The number of rotatable bonds is 3. The van der Waals surface area contributed by atoms with Crippen LogP contribution >= 0.6 is 0 Å². The van der Waals surface area contributed by atoms with E-state index in [2.05, 4.69) is 5.10 Å². The van der Waals surface area contributed by atoms with Crippen LogP contribution in [0.4, 0.5) is 5.82 Å². The maximum absolute atomic E-state index is 12.6. The first-order chi connectivity index (χ1) is 8.95. The summed E-state index contributed by atoms with van der Waals surface area (Å²) < 4.78 is 33.6. The summed E-state index contributed by atoms with van der Waals surface area (Å²) in [5.74, 6) is 0.0552. The fourth-order valence-corrected chi connectivity index (χ4v) is 3.71. The van der Waals surface area contributed by atoms with Crippen LogP contribution in [0, 0.1) is 0 Å². The normalized spacial score (nSPS) is 22.3. The van der Waals surface area contributed by atoms with Gasteiger partial charge in [0.1, 0.15) is 4.90 Å². The molecule has 1 aromatic heterocycles. The van der Waals surface area contributed by atoms with Crippen molar-refractivity contribution in [3.63, 3.8) is 0 Å². The predicted molar refractivity (Wildman–Crippen MR) is 71.1 cm³/mol. The number of anilines is 1. The summed E-state index contributed by atoms with van der Waals surface area (Å²) in [6.07, 6.45) is 2.06. The largest absolute Gasteiger partial charge is 0.381 e. The molecule has 1 aliphatic rings. The molecule has 0 spiro atoms. The molecule has 1 fully saturated rings. The molecule has 108 valence electrons. The van der Waals surface area contributed by atoms with E-state index in [9.17, 15) is 8.42 Å². The van der Waals surface area contributed by atoms with E-state index in [1.54, 1.807) is 0 Å². The molecule has 0 bridgehead atoms. The van der Waals surface area contributed by atoms with Crippen LogP contribution in [0.1, 0.15) is 20.3 Å². The van der Waals surface area contributed by atoms with E-state index in [1.807, 2.05) is 13.8 Å². The lowest BCUT2D eigenvalue weighted by molar-refractivity contribution is 0.0752. The van der Waals surface area contributed by atoms with Crippen molar-refractivity contribution in [1.82, 2.24) is 14.1 Å². The minimum absolute atomic E-state index is 0.0552. The number of aromatic nitrogens is 2. The summed E-state index contributed by atoms with van der Waals surface area (Å²) >= 11 is 0. The molecule has 2 heterocycles. The van der Waals surface area contributed by atoms with Gasteiger partial charge in [0.05, 0.1) is 6.10 Å². The van der Waals surface area contributed by atoms with E-state index in [0.29, 0.717) is 32.7 Å². The van der Waals surface area contributed by atoms with Gasteiger partial charge in [-0.25, -0.2) is 8.42 Å². The fraction of sp³-hybridized carbons (Fsp3) is 0.727. The second kappa shape index (κ2) is 5.48. The Balaban J connectivity index is 2.32. The van der Waals surface area contributed by atoms with Crippen LogP contribution in [0.2, 0.25) is 0 Å². The topological polar surface area (TPSA) is 90.5 Å². The molecule has 2 rings (SSSR count). The Kier molecular flexibility index (Phi) is 4.12. The van der Waals surface area contributed by atoms with E-state index >= 15 is 0 Å². The summed E-state index contributed by atoms with van der Waals surface area (Å²) in [7, 11) is -3.59. The van der Waals surface area contributed by atoms with Crippen LogP contribution in [0.15, 0.2) is 11.1 Å². The third-order valence-electron chi connectivity index (χ3n) is 3.11. The number of nitrogens with zero attached hydrogens (tertiary/aromatic N) is 3. The standard InChI is InChI=1S/C11H20N4O3S/c1-3-14-8-10(11(12)13-14)19(16,17)15-5-4-6-18-9(2)7-15/h8-9H,3-7H2,1-2H3,(H2,12,13). The van der Waals surface area contributed by atoms with Gasteiger partial charge in [0, 0.05) is 32.4 Å². The minimum Gasteiger partial charge on any atom is -0.381 e.